The van der Waals surface area contributed by atoms with Gasteiger partial charge in [-0.2, -0.15) is 0 Å². The summed E-state index contributed by atoms with van der Waals surface area (Å²) < 4.78 is 19.8. The monoisotopic (exact) mass is 1150 g/mol. The number of ether oxygens (including phenoxy) is 3. The molecule has 0 radical (unpaired) electrons. The van der Waals surface area contributed by atoms with Gasteiger partial charge < -0.3 is 23.7 Å². The third-order valence-corrected chi connectivity index (χ3v) is 15.9. The normalized spacial score (nSPS) is 13.3. The number of esters is 2. The first-order chi connectivity index (χ1) is 42.1. The van der Waals surface area contributed by atoms with Crippen molar-refractivity contribution in [3.8, 4) is 22.9 Å². The van der Waals surface area contributed by atoms with Crippen molar-refractivity contribution in [2.75, 3.05) is 13.2 Å². The molecule has 0 fully saturated rings. The summed E-state index contributed by atoms with van der Waals surface area (Å²) >= 11 is 0. The van der Waals surface area contributed by atoms with Crippen molar-refractivity contribution in [1.82, 2.24) is 44.2 Å². The summed E-state index contributed by atoms with van der Waals surface area (Å²) in [5.41, 5.74) is 12.5. The van der Waals surface area contributed by atoms with Gasteiger partial charge in [-0.05, 0) is 157 Å². The lowest BCUT2D eigenvalue weighted by molar-refractivity contribution is -0.148. The first-order valence-corrected chi connectivity index (χ1v) is 29.9. The maximum absolute atomic E-state index is 13.8. The van der Waals surface area contributed by atoms with E-state index in [1.54, 1.807) is 22.8 Å². The second kappa shape index (κ2) is 27.6. The highest BCUT2D eigenvalue weighted by atomic mass is 16.5. The Kier molecular flexibility index (Phi) is 18.8. The molecule has 2 aliphatic rings. The van der Waals surface area contributed by atoms with Crippen molar-refractivity contribution in [2.45, 2.75) is 124 Å². The first kappa shape index (κ1) is 58.5. The highest BCUT2D eigenvalue weighted by Crippen LogP contribution is 2.40. The summed E-state index contributed by atoms with van der Waals surface area (Å²) in [6.07, 6.45) is 11.1. The van der Waals surface area contributed by atoms with Crippen molar-refractivity contribution in [2.24, 2.45) is 0 Å². The predicted molar refractivity (Wildman–Crippen MR) is 328 cm³/mol. The number of carbonyl (C=O) groups is 3. The number of benzene rings is 3. The highest BCUT2D eigenvalue weighted by Gasteiger charge is 2.35. The molecule has 11 rings (SSSR count). The van der Waals surface area contributed by atoms with Crippen molar-refractivity contribution in [1.29, 1.82) is 0 Å². The first-order valence-electron chi connectivity index (χ1n) is 29.9. The molecule has 1 amide bonds. The number of nitrogens with zero attached hydrogens (tertiary/aromatic N) is 9. The fourth-order valence-corrected chi connectivity index (χ4v) is 11.8. The summed E-state index contributed by atoms with van der Waals surface area (Å²) in [6, 6.07) is 45.2. The Bertz CT molecular complexity index is 3700. The number of unbranched alkanes of at least 4 members (excludes halogenated alkanes) is 1. The lowest BCUT2D eigenvalue weighted by Gasteiger charge is -2.25. The molecule has 86 heavy (non-hydrogen) atoms. The molecule has 9 aromatic rings. The molecule has 1 atom stereocenters. The lowest BCUT2D eigenvalue weighted by atomic mass is 9.90. The van der Waals surface area contributed by atoms with E-state index >= 15 is 0 Å². The topological polar surface area (TPSA) is 175 Å². The SMILES string of the molecule is CCCC(=O)N(CCCCOc1cc(CN(Cc2ccccn2)Cc2ccccn2)cc(CN(Cc2ccccn2)Cc2ccccn2)c1)Cc1ccc(C(=O)Oc2ccc3nc4c(c(CC)c3c2)Cn2c-4cc3c(c2=O)COC(=O)C3CC)cc1. The maximum Gasteiger partial charge on any atom is 0.343 e. The smallest absolute Gasteiger partial charge is 0.343 e. The molecule has 0 saturated heterocycles. The summed E-state index contributed by atoms with van der Waals surface area (Å²) in [5, 5.41) is 0.842. The van der Waals surface area contributed by atoms with Gasteiger partial charge in [0.05, 0.1) is 69.9 Å². The van der Waals surface area contributed by atoms with Crippen molar-refractivity contribution >= 4 is 28.7 Å². The number of carbonyl (C=O) groups excluding carboxylic acids is 3. The molecule has 3 aromatic carbocycles. The number of aromatic nitrogens is 6. The van der Waals surface area contributed by atoms with Gasteiger partial charge in [0.25, 0.3) is 5.56 Å². The van der Waals surface area contributed by atoms with Crippen LogP contribution in [0, 0.1) is 0 Å². The van der Waals surface area contributed by atoms with Crippen LogP contribution in [0.3, 0.4) is 0 Å². The molecule has 0 bridgehead atoms. The number of hydrogen-bond donors (Lipinski definition) is 0. The van der Waals surface area contributed by atoms with Gasteiger partial charge in [0.2, 0.25) is 5.91 Å². The van der Waals surface area contributed by atoms with E-state index < -0.39 is 11.9 Å². The van der Waals surface area contributed by atoms with Gasteiger partial charge in [-0.15, -0.1) is 0 Å². The Morgan fingerprint density at radius 2 is 1.23 bits per heavy atom. The van der Waals surface area contributed by atoms with Gasteiger partial charge in [0, 0.05) is 94.5 Å². The van der Waals surface area contributed by atoms with Gasteiger partial charge in [-0.3, -0.25) is 44.1 Å². The molecule has 1 unspecified atom stereocenters. The van der Waals surface area contributed by atoms with E-state index in [-0.39, 0.29) is 24.0 Å². The van der Waals surface area contributed by atoms with Gasteiger partial charge >= 0.3 is 11.9 Å². The second-order valence-corrected chi connectivity index (χ2v) is 22.1. The molecular formula is C70H71N9O7. The van der Waals surface area contributed by atoms with Crippen LogP contribution in [0.25, 0.3) is 22.3 Å². The number of amides is 1. The third kappa shape index (κ3) is 14.1. The zero-order valence-electron chi connectivity index (χ0n) is 49.1. The predicted octanol–water partition coefficient (Wildman–Crippen LogP) is 11.7. The van der Waals surface area contributed by atoms with E-state index in [0.717, 1.165) is 92.2 Å². The van der Waals surface area contributed by atoms with Gasteiger partial charge in [0.1, 0.15) is 18.1 Å². The molecule has 8 heterocycles. The van der Waals surface area contributed by atoms with Crippen molar-refractivity contribution in [3.63, 3.8) is 0 Å². The average Bonchev–Trinajstić information content (AvgIpc) is 1.64. The van der Waals surface area contributed by atoms with Crippen LogP contribution in [0.15, 0.2) is 169 Å². The molecule has 2 aliphatic heterocycles. The van der Waals surface area contributed by atoms with Crippen LogP contribution < -0.4 is 15.0 Å². The summed E-state index contributed by atoms with van der Waals surface area (Å²) in [4.78, 5) is 84.2. The Morgan fingerprint density at radius 3 is 1.78 bits per heavy atom. The largest absolute Gasteiger partial charge is 0.494 e. The molecule has 0 aliphatic carbocycles. The highest BCUT2D eigenvalue weighted by molar-refractivity contribution is 5.93. The molecule has 0 saturated carbocycles. The van der Waals surface area contributed by atoms with E-state index in [2.05, 4.69) is 79.1 Å². The molecule has 16 heteroatoms. The van der Waals surface area contributed by atoms with Gasteiger partial charge in [-0.25, -0.2) is 9.78 Å². The maximum atomic E-state index is 13.8. The van der Waals surface area contributed by atoms with Crippen LogP contribution in [-0.2, 0) is 79.7 Å². The fraction of sp³-hybridized carbons (Fsp3) is 0.300. The Morgan fingerprint density at radius 1 is 0.628 bits per heavy atom. The minimum atomic E-state index is -0.510. The molecular weight excluding hydrogens is 1080 g/mol. The molecule has 6 aromatic heterocycles. The molecule has 0 spiro atoms. The number of rotatable bonds is 26. The van der Waals surface area contributed by atoms with Crippen LogP contribution in [-0.4, -0.2) is 75.2 Å². The van der Waals surface area contributed by atoms with Crippen molar-refractivity contribution in [3.05, 3.63) is 242 Å². The van der Waals surface area contributed by atoms with Crippen LogP contribution in [0.4, 0.5) is 0 Å². The number of fused-ring (bicyclic) bond motifs is 5. The summed E-state index contributed by atoms with van der Waals surface area (Å²) in [7, 11) is 0. The molecule has 0 N–H and O–H groups in total. The number of hydrogen-bond acceptors (Lipinski definition) is 14. The van der Waals surface area contributed by atoms with Crippen LogP contribution in [0.2, 0.25) is 0 Å². The summed E-state index contributed by atoms with van der Waals surface area (Å²) in [6.45, 7) is 11.5. The Hall–Kier alpha value is -9.25. The number of aryl methyl sites for hydroxylation is 1. The Balaban J connectivity index is 0.750. The lowest BCUT2D eigenvalue weighted by Crippen LogP contribution is -2.32. The fourth-order valence-electron chi connectivity index (χ4n) is 11.8. The van der Waals surface area contributed by atoms with E-state index in [0.29, 0.717) is 113 Å². The van der Waals surface area contributed by atoms with Crippen molar-refractivity contribution < 1.29 is 28.6 Å². The molecule has 438 valence electrons. The minimum Gasteiger partial charge on any atom is -0.494 e. The minimum absolute atomic E-state index is 0.0322. The van der Waals surface area contributed by atoms with E-state index in [1.807, 2.05) is 122 Å². The third-order valence-electron chi connectivity index (χ3n) is 15.9. The zero-order chi connectivity index (χ0) is 59.4. The Labute approximate surface area is 501 Å². The van der Waals surface area contributed by atoms with Crippen LogP contribution >= 0.6 is 0 Å². The van der Waals surface area contributed by atoms with E-state index in [9.17, 15) is 19.2 Å². The second-order valence-electron chi connectivity index (χ2n) is 22.1. The van der Waals surface area contributed by atoms with Crippen LogP contribution in [0.1, 0.15) is 131 Å². The van der Waals surface area contributed by atoms with E-state index in [4.69, 9.17) is 19.2 Å². The van der Waals surface area contributed by atoms with Gasteiger partial charge in [-0.1, -0.05) is 63.2 Å². The number of pyridine rings is 6. The van der Waals surface area contributed by atoms with E-state index in [1.165, 1.54) is 0 Å². The standard InChI is InChI=1S/C70H71N9O7/c1-4-17-66(80)78(41-48-22-24-51(25-23-48)69(82)86-56-26-27-64-61(37-56)58(5-2)62-46-79-65(67(62)75-64)38-60-59(6-3)70(83)85-47-63(60)68(79)81)32-15-16-33-84-57-35-49(39-76(42-52-18-7-11-28-71-52)43-53-19-8-12-29-72-53)34-50(36-57)40-77(44-54-20-9-13-30-73-54)45-55-21-10-14-31-74-55/h7-14,18-31,34-38,59H,4-6,15-17,32-33,39-47H2,1-3H3. The molecule has 16 nitrogen and oxygen atoms in total. The quantitative estimate of drug-likeness (QED) is 0.0284. The van der Waals surface area contributed by atoms with Crippen LogP contribution in [0.5, 0.6) is 11.5 Å². The number of cyclic esters (lactones) is 1. The van der Waals surface area contributed by atoms with Gasteiger partial charge in [0.15, 0.2) is 0 Å². The summed E-state index contributed by atoms with van der Waals surface area (Å²) in [5.74, 6) is -0.0851. The zero-order valence-corrected chi connectivity index (χ0v) is 49.1. The average molecular weight is 1150 g/mol.